The molecule has 1 aromatic carbocycles. The van der Waals surface area contributed by atoms with Crippen LogP contribution in [-0.2, 0) is 16.0 Å². The lowest BCUT2D eigenvalue weighted by Gasteiger charge is -2.28. The number of aliphatic hydroxyl groups excluding tert-OH is 1. The van der Waals surface area contributed by atoms with Crippen LogP contribution in [0.25, 0.3) is 5.76 Å². The third kappa shape index (κ3) is 3.93. The molecule has 1 unspecified atom stereocenters. The van der Waals surface area contributed by atoms with Crippen molar-refractivity contribution < 1.29 is 19.4 Å². The van der Waals surface area contributed by atoms with Gasteiger partial charge in [-0.25, -0.2) is 0 Å². The number of likely N-dealkylation sites (N-methyl/N-ethyl adjacent to an activating group) is 1. The highest BCUT2D eigenvalue weighted by Crippen LogP contribution is 2.39. The highest BCUT2D eigenvalue weighted by atomic mass is 16.5. The smallest absolute Gasteiger partial charge is 0.295 e. The van der Waals surface area contributed by atoms with Gasteiger partial charge in [0.1, 0.15) is 11.5 Å². The first-order chi connectivity index (χ1) is 15.0. The molecule has 0 saturated carbocycles. The van der Waals surface area contributed by atoms with Gasteiger partial charge in [-0.2, -0.15) is 0 Å². The molecule has 4 rings (SSSR count). The van der Waals surface area contributed by atoms with E-state index in [1.807, 2.05) is 12.1 Å². The van der Waals surface area contributed by atoms with E-state index in [2.05, 4.69) is 23.7 Å². The largest absolute Gasteiger partial charge is 0.507 e. The van der Waals surface area contributed by atoms with Crippen LogP contribution in [0.4, 0.5) is 0 Å². The second-order valence-electron chi connectivity index (χ2n) is 7.73. The van der Waals surface area contributed by atoms with Gasteiger partial charge in [0.25, 0.3) is 11.7 Å². The standard InChI is InChI=1S/C24H27N3O4/c1-3-26(4-2)11-12-27-21(18-6-5-10-25-15-18)20(23(29)24(27)30)22(28)17-7-8-19-16(14-17)9-13-31-19/h5-8,10,14-15,21,28H,3-4,9,11-13H2,1-2H3/b22-20-. The van der Waals surface area contributed by atoms with E-state index in [0.29, 0.717) is 30.8 Å². The molecule has 1 saturated heterocycles. The summed E-state index contributed by atoms with van der Waals surface area (Å²) in [7, 11) is 0. The monoisotopic (exact) mass is 421 g/mol. The molecule has 2 aliphatic rings. The number of rotatable bonds is 7. The van der Waals surface area contributed by atoms with E-state index >= 15 is 0 Å². The second kappa shape index (κ2) is 8.89. The van der Waals surface area contributed by atoms with Crippen molar-refractivity contribution in [2.75, 3.05) is 32.8 Å². The molecule has 0 radical (unpaired) electrons. The van der Waals surface area contributed by atoms with Crippen LogP contribution in [0, 0.1) is 0 Å². The number of carbonyl (C=O) groups excluding carboxylic acids is 2. The van der Waals surface area contributed by atoms with Crippen molar-refractivity contribution >= 4 is 17.4 Å². The molecule has 0 spiro atoms. The van der Waals surface area contributed by atoms with Crippen LogP contribution in [0.1, 0.15) is 36.6 Å². The Morgan fingerprint density at radius 3 is 2.77 bits per heavy atom. The van der Waals surface area contributed by atoms with Gasteiger partial charge in [0.2, 0.25) is 0 Å². The number of Topliss-reactive ketones (excluding diaryl/α,β-unsaturated/α-hetero) is 1. The van der Waals surface area contributed by atoms with Gasteiger partial charge >= 0.3 is 0 Å². The molecule has 1 fully saturated rings. The van der Waals surface area contributed by atoms with Crippen LogP contribution < -0.4 is 4.74 Å². The first-order valence-electron chi connectivity index (χ1n) is 10.7. The first-order valence-corrected chi connectivity index (χ1v) is 10.7. The van der Waals surface area contributed by atoms with Gasteiger partial charge in [-0.15, -0.1) is 0 Å². The Bertz CT molecular complexity index is 1010. The van der Waals surface area contributed by atoms with Gasteiger partial charge in [0, 0.05) is 37.5 Å². The molecule has 2 aromatic rings. The number of carbonyl (C=O) groups is 2. The van der Waals surface area contributed by atoms with Crippen molar-refractivity contribution in [2.45, 2.75) is 26.3 Å². The predicted molar refractivity (Wildman–Crippen MR) is 117 cm³/mol. The van der Waals surface area contributed by atoms with Gasteiger partial charge < -0.3 is 19.6 Å². The molecule has 1 atom stereocenters. The van der Waals surface area contributed by atoms with E-state index in [1.165, 1.54) is 0 Å². The first kappa shape index (κ1) is 21.1. The minimum absolute atomic E-state index is 0.108. The summed E-state index contributed by atoms with van der Waals surface area (Å²) in [5.74, 6) is -0.623. The number of fused-ring (bicyclic) bond motifs is 1. The third-order valence-electron chi connectivity index (χ3n) is 6.05. The van der Waals surface area contributed by atoms with Gasteiger partial charge in [0.05, 0.1) is 18.2 Å². The minimum atomic E-state index is -0.672. The zero-order chi connectivity index (χ0) is 22.0. The van der Waals surface area contributed by atoms with Crippen LogP contribution in [0.5, 0.6) is 5.75 Å². The fourth-order valence-electron chi connectivity index (χ4n) is 4.27. The number of benzene rings is 1. The van der Waals surface area contributed by atoms with E-state index in [0.717, 1.165) is 30.8 Å². The maximum Gasteiger partial charge on any atom is 0.295 e. The van der Waals surface area contributed by atoms with E-state index < -0.39 is 17.7 Å². The number of likely N-dealkylation sites (tertiary alicyclic amines) is 1. The number of ketones is 1. The molecular formula is C24H27N3O4. The van der Waals surface area contributed by atoms with Crippen molar-refractivity contribution in [1.29, 1.82) is 0 Å². The molecule has 7 nitrogen and oxygen atoms in total. The zero-order valence-corrected chi connectivity index (χ0v) is 17.9. The van der Waals surface area contributed by atoms with Gasteiger partial charge in [0.15, 0.2) is 0 Å². The number of aromatic nitrogens is 1. The van der Waals surface area contributed by atoms with Crippen LogP contribution in [-0.4, -0.2) is 64.4 Å². The van der Waals surface area contributed by atoms with Crippen LogP contribution in [0.2, 0.25) is 0 Å². The normalized spacial score (nSPS) is 19.7. The predicted octanol–water partition coefficient (Wildman–Crippen LogP) is 2.78. The summed E-state index contributed by atoms with van der Waals surface area (Å²) in [6.45, 7) is 7.48. The Morgan fingerprint density at radius 1 is 1.26 bits per heavy atom. The molecule has 1 aromatic heterocycles. The van der Waals surface area contributed by atoms with E-state index in [4.69, 9.17) is 4.74 Å². The fraction of sp³-hybridized carbons (Fsp3) is 0.375. The van der Waals surface area contributed by atoms with Crippen molar-refractivity contribution in [3.63, 3.8) is 0 Å². The number of hydrogen-bond acceptors (Lipinski definition) is 6. The molecular weight excluding hydrogens is 394 g/mol. The maximum absolute atomic E-state index is 13.1. The highest BCUT2D eigenvalue weighted by Gasteiger charge is 2.46. The summed E-state index contributed by atoms with van der Waals surface area (Å²) in [6.07, 6.45) is 4.04. The SMILES string of the molecule is CCN(CC)CCN1C(=O)C(=O)/C(=C(\O)c2ccc3c(c2)CCO3)C1c1cccnc1. The van der Waals surface area contributed by atoms with Crippen molar-refractivity contribution in [3.05, 3.63) is 65.0 Å². The molecule has 162 valence electrons. The van der Waals surface area contributed by atoms with E-state index in [1.54, 1.807) is 35.5 Å². The molecule has 1 amide bonds. The summed E-state index contributed by atoms with van der Waals surface area (Å²) < 4.78 is 5.54. The summed E-state index contributed by atoms with van der Waals surface area (Å²) in [6, 6.07) is 8.29. The van der Waals surface area contributed by atoms with Gasteiger partial charge in [-0.3, -0.25) is 14.6 Å². The number of hydrogen-bond donors (Lipinski definition) is 1. The molecule has 2 aliphatic heterocycles. The second-order valence-corrected chi connectivity index (χ2v) is 7.73. The summed E-state index contributed by atoms with van der Waals surface area (Å²) >= 11 is 0. The minimum Gasteiger partial charge on any atom is -0.507 e. The van der Waals surface area contributed by atoms with Crippen LogP contribution in [0.3, 0.4) is 0 Å². The fourth-order valence-corrected chi connectivity index (χ4v) is 4.27. The van der Waals surface area contributed by atoms with E-state index in [9.17, 15) is 14.7 Å². The lowest BCUT2D eigenvalue weighted by Crippen LogP contribution is -2.38. The number of nitrogens with zero attached hydrogens (tertiary/aromatic N) is 3. The van der Waals surface area contributed by atoms with Crippen LogP contribution in [0.15, 0.2) is 48.3 Å². The Labute approximate surface area is 182 Å². The van der Waals surface area contributed by atoms with Gasteiger partial charge in [-0.1, -0.05) is 19.9 Å². The third-order valence-corrected chi connectivity index (χ3v) is 6.05. The molecule has 0 aliphatic carbocycles. The van der Waals surface area contributed by atoms with Crippen molar-refractivity contribution in [1.82, 2.24) is 14.8 Å². The highest BCUT2D eigenvalue weighted by molar-refractivity contribution is 6.46. The zero-order valence-electron chi connectivity index (χ0n) is 17.9. The lowest BCUT2D eigenvalue weighted by atomic mass is 9.95. The maximum atomic E-state index is 13.1. The lowest BCUT2D eigenvalue weighted by molar-refractivity contribution is -0.140. The van der Waals surface area contributed by atoms with Gasteiger partial charge in [-0.05, 0) is 48.5 Å². The Balaban J connectivity index is 1.77. The van der Waals surface area contributed by atoms with E-state index in [-0.39, 0.29) is 11.3 Å². The molecule has 31 heavy (non-hydrogen) atoms. The average Bonchev–Trinajstić information content (AvgIpc) is 3.37. The Kier molecular flexibility index (Phi) is 6.04. The number of amides is 1. The van der Waals surface area contributed by atoms with Crippen molar-refractivity contribution in [3.8, 4) is 5.75 Å². The number of ether oxygens (including phenoxy) is 1. The Hall–Kier alpha value is -3.19. The van der Waals surface area contributed by atoms with Crippen LogP contribution >= 0.6 is 0 Å². The van der Waals surface area contributed by atoms with Crippen molar-refractivity contribution in [2.24, 2.45) is 0 Å². The quantitative estimate of drug-likeness (QED) is 0.421. The summed E-state index contributed by atoms with van der Waals surface area (Å²) in [5.41, 5.74) is 2.31. The number of pyridine rings is 1. The molecule has 0 bridgehead atoms. The summed E-state index contributed by atoms with van der Waals surface area (Å²) in [4.78, 5) is 34.0. The average molecular weight is 421 g/mol. The Morgan fingerprint density at radius 2 is 2.06 bits per heavy atom. The molecule has 7 heteroatoms. The molecule has 1 N–H and O–H groups in total. The number of aliphatic hydroxyl groups is 1. The summed E-state index contributed by atoms with van der Waals surface area (Å²) in [5, 5.41) is 11.2. The molecule has 3 heterocycles. The topological polar surface area (TPSA) is 83.0 Å².